The minimum Gasteiger partial charge on any atom is -0.388 e. The highest BCUT2D eigenvalue weighted by Gasteiger charge is 2.10. The van der Waals surface area contributed by atoms with Crippen LogP contribution in [0.2, 0.25) is 5.02 Å². The molecule has 0 spiro atoms. The lowest BCUT2D eigenvalue weighted by Gasteiger charge is -2.11. The molecule has 0 saturated carbocycles. The molecular formula is C14H12ClFO. The van der Waals surface area contributed by atoms with E-state index in [0.717, 1.165) is 5.56 Å². The molecule has 0 fully saturated rings. The van der Waals surface area contributed by atoms with E-state index < -0.39 is 11.9 Å². The van der Waals surface area contributed by atoms with E-state index in [4.69, 9.17) is 11.6 Å². The van der Waals surface area contributed by atoms with Gasteiger partial charge in [-0.05, 0) is 29.3 Å². The lowest BCUT2D eigenvalue weighted by molar-refractivity contribution is 0.178. The summed E-state index contributed by atoms with van der Waals surface area (Å²) >= 11 is 5.75. The van der Waals surface area contributed by atoms with Gasteiger partial charge in [0.1, 0.15) is 5.82 Å². The minimum absolute atomic E-state index is 0.298. The fraction of sp³-hybridized carbons (Fsp3) is 0.143. The highest BCUT2D eigenvalue weighted by molar-refractivity contribution is 6.30. The number of aliphatic hydroxyl groups excluding tert-OH is 1. The summed E-state index contributed by atoms with van der Waals surface area (Å²) in [6.45, 7) is 0. The summed E-state index contributed by atoms with van der Waals surface area (Å²) in [6.07, 6.45) is -0.300. The molecule has 2 aromatic carbocycles. The van der Waals surface area contributed by atoms with Crippen LogP contribution in [0.3, 0.4) is 0 Å². The predicted molar refractivity (Wildman–Crippen MR) is 66.5 cm³/mol. The molecule has 0 aromatic heterocycles. The first-order valence-corrected chi connectivity index (χ1v) is 5.71. The Bertz CT molecular complexity index is 479. The third-order valence-electron chi connectivity index (χ3n) is 2.54. The zero-order chi connectivity index (χ0) is 12.3. The maximum absolute atomic E-state index is 13.1. The first kappa shape index (κ1) is 12.1. The van der Waals surface area contributed by atoms with Gasteiger partial charge in [-0.2, -0.15) is 0 Å². The summed E-state index contributed by atoms with van der Waals surface area (Å²) < 4.78 is 13.1. The Morgan fingerprint density at radius 2 is 1.82 bits per heavy atom. The molecule has 0 radical (unpaired) electrons. The molecule has 0 bridgehead atoms. The SMILES string of the molecule is OC(Cc1ccccc1)c1cc(F)cc(Cl)c1. The van der Waals surface area contributed by atoms with E-state index in [1.165, 1.54) is 12.1 Å². The Morgan fingerprint density at radius 3 is 2.47 bits per heavy atom. The van der Waals surface area contributed by atoms with Gasteiger partial charge < -0.3 is 5.11 Å². The molecule has 88 valence electrons. The van der Waals surface area contributed by atoms with E-state index in [2.05, 4.69) is 0 Å². The highest BCUT2D eigenvalue weighted by atomic mass is 35.5. The Labute approximate surface area is 104 Å². The molecule has 17 heavy (non-hydrogen) atoms. The van der Waals surface area contributed by atoms with Crippen LogP contribution in [0.1, 0.15) is 17.2 Å². The molecule has 3 heteroatoms. The van der Waals surface area contributed by atoms with Crippen LogP contribution < -0.4 is 0 Å². The van der Waals surface area contributed by atoms with Gasteiger partial charge in [0.25, 0.3) is 0 Å². The van der Waals surface area contributed by atoms with Crippen molar-refractivity contribution in [2.24, 2.45) is 0 Å². The van der Waals surface area contributed by atoms with Gasteiger partial charge in [-0.3, -0.25) is 0 Å². The Morgan fingerprint density at radius 1 is 1.12 bits per heavy atom. The van der Waals surface area contributed by atoms with E-state index in [-0.39, 0.29) is 0 Å². The van der Waals surface area contributed by atoms with Crippen LogP contribution in [-0.2, 0) is 6.42 Å². The summed E-state index contributed by atoms with van der Waals surface area (Å²) in [5, 5.41) is 10.3. The van der Waals surface area contributed by atoms with E-state index in [1.807, 2.05) is 30.3 Å². The second-order valence-electron chi connectivity index (χ2n) is 3.91. The van der Waals surface area contributed by atoms with Gasteiger partial charge in [-0.1, -0.05) is 41.9 Å². The van der Waals surface area contributed by atoms with E-state index in [0.29, 0.717) is 17.0 Å². The molecule has 1 nitrogen and oxygen atoms in total. The van der Waals surface area contributed by atoms with Crippen LogP contribution in [0, 0.1) is 5.82 Å². The predicted octanol–water partition coefficient (Wildman–Crippen LogP) is 3.76. The number of halogens is 2. The van der Waals surface area contributed by atoms with E-state index in [9.17, 15) is 9.50 Å². The normalized spacial score (nSPS) is 12.4. The van der Waals surface area contributed by atoms with Gasteiger partial charge in [-0.25, -0.2) is 4.39 Å². The monoisotopic (exact) mass is 250 g/mol. The number of rotatable bonds is 3. The summed E-state index contributed by atoms with van der Waals surface area (Å²) in [5.74, 6) is -0.431. The first-order valence-electron chi connectivity index (χ1n) is 5.33. The van der Waals surface area contributed by atoms with Gasteiger partial charge in [-0.15, -0.1) is 0 Å². The third kappa shape index (κ3) is 3.29. The van der Waals surface area contributed by atoms with Gasteiger partial charge in [0.05, 0.1) is 6.10 Å². The van der Waals surface area contributed by atoms with Crippen LogP contribution in [-0.4, -0.2) is 5.11 Å². The second kappa shape index (κ2) is 5.30. The molecule has 2 aromatic rings. The zero-order valence-corrected chi connectivity index (χ0v) is 9.86. The fourth-order valence-corrected chi connectivity index (χ4v) is 1.95. The van der Waals surface area contributed by atoms with Gasteiger partial charge in [0.2, 0.25) is 0 Å². The summed E-state index contributed by atoms with van der Waals surface area (Å²) in [4.78, 5) is 0. The fourth-order valence-electron chi connectivity index (χ4n) is 1.72. The van der Waals surface area contributed by atoms with Crippen molar-refractivity contribution in [3.05, 3.63) is 70.5 Å². The first-order chi connectivity index (χ1) is 8.15. The molecule has 1 N–H and O–H groups in total. The van der Waals surface area contributed by atoms with Crippen LogP contribution in [0.5, 0.6) is 0 Å². The minimum atomic E-state index is -0.745. The quantitative estimate of drug-likeness (QED) is 0.880. The molecule has 2 rings (SSSR count). The van der Waals surface area contributed by atoms with E-state index in [1.54, 1.807) is 6.07 Å². The van der Waals surface area contributed by atoms with Crippen LogP contribution >= 0.6 is 11.6 Å². The Kier molecular flexibility index (Phi) is 3.77. The number of aliphatic hydroxyl groups is 1. The summed E-state index contributed by atoms with van der Waals surface area (Å²) in [7, 11) is 0. The van der Waals surface area contributed by atoms with Gasteiger partial charge in [0.15, 0.2) is 0 Å². The Hall–Kier alpha value is -1.38. The van der Waals surface area contributed by atoms with Gasteiger partial charge >= 0.3 is 0 Å². The third-order valence-corrected chi connectivity index (χ3v) is 2.76. The molecule has 0 amide bonds. The molecule has 0 heterocycles. The van der Waals surface area contributed by atoms with Crippen molar-refractivity contribution >= 4 is 11.6 Å². The topological polar surface area (TPSA) is 20.2 Å². The van der Waals surface area contributed by atoms with Crippen LogP contribution in [0.15, 0.2) is 48.5 Å². The average molecular weight is 251 g/mol. The van der Waals surface area contributed by atoms with Crippen molar-refractivity contribution < 1.29 is 9.50 Å². The second-order valence-corrected chi connectivity index (χ2v) is 4.34. The molecule has 0 aliphatic rings. The summed E-state index contributed by atoms with van der Waals surface area (Å²) in [6, 6.07) is 13.7. The highest BCUT2D eigenvalue weighted by Crippen LogP contribution is 2.22. The standard InChI is InChI=1S/C14H12ClFO/c15-12-7-11(8-13(16)9-12)14(17)6-10-4-2-1-3-5-10/h1-5,7-9,14,17H,6H2. The van der Waals surface area contributed by atoms with Crippen molar-refractivity contribution in [3.8, 4) is 0 Å². The zero-order valence-electron chi connectivity index (χ0n) is 9.11. The molecule has 0 aliphatic heterocycles. The lowest BCUT2D eigenvalue weighted by Crippen LogP contribution is -2.02. The number of hydrogen-bond donors (Lipinski definition) is 1. The molecule has 0 aliphatic carbocycles. The van der Waals surface area contributed by atoms with Crippen molar-refractivity contribution in [1.29, 1.82) is 0 Å². The molecule has 1 unspecified atom stereocenters. The number of hydrogen-bond acceptors (Lipinski definition) is 1. The molecule has 1 atom stereocenters. The van der Waals surface area contributed by atoms with Gasteiger partial charge in [0, 0.05) is 11.4 Å². The number of benzene rings is 2. The molecular weight excluding hydrogens is 239 g/mol. The maximum atomic E-state index is 13.1. The largest absolute Gasteiger partial charge is 0.388 e. The Balaban J connectivity index is 2.17. The maximum Gasteiger partial charge on any atom is 0.125 e. The smallest absolute Gasteiger partial charge is 0.125 e. The van der Waals surface area contributed by atoms with E-state index >= 15 is 0 Å². The van der Waals surface area contributed by atoms with Crippen molar-refractivity contribution in [1.82, 2.24) is 0 Å². The van der Waals surface area contributed by atoms with Crippen LogP contribution in [0.25, 0.3) is 0 Å². The van der Waals surface area contributed by atoms with Crippen molar-refractivity contribution in [2.45, 2.75) is 12.5 Å². The lowest BCUT2D eigenvalue weighted by atomic mass is 10.0. The average Bonchev–Trinajstić information content (AvgIpc) is 2.29. The van der Waals surface area contributed by atoms with Crippen LogP contribution in [0.4, 0.5) is 4.39 Å². The van der Waals surface area contributed by atoms with Crippen molar-refractivity contribution in [2.75, 3.05) is 0 Å². The molecule has 0 saturated heterocycles. The summed E-state index contributed by atoms with van der Waals surface area (Å²) in [5.41, 5.74) is 1.50. The van der Waals surface area contributed by atoms with Crippen molar-refractivity contribution in [3.63, 3.8) is 0 Å².